The van der Waals surface area contributed by atoms with Gasteiger partial charge in [-0.25, -0.2) is 0 Å². The van der Waals surface area contributed by atoms with Gasteiger partial charge in [-0.3, -0.25) is 4.79 Å². The van der Waals surface area contributed by atoms with Gasteiger partial charge in [0, 0.05) is 13.0 Å². The van der Waals surface area contributed by atoms with Crippen LogP contribution in [0.3, 0.4) is 0 Å². The first-order chi connectivity index (χ1) is 9.66. The van der Waals surface area contributed by atoms with Gasteiger partial charge in [-0.2, -0.15) is 0 Å². The quantitative estimate of drug-likeness (QED) is 0.736. The van der Waals surface area contributed by atoms with Crippen LogP contribution in [0.5, 0.6) is 5.75 Å². The summed E-state index contributed by atoms with van der Waals surface area (Å²) >= 11 is 0. The maximum absolute atomic E-state index is 12.4. The van der Waals surface area contributed by atoms with Gasteiger partial charge in [0.15, 0.2) is 5.78 Å². The normalized spacial score (nSPS) is 19.1. The van der Waals surface area contributed by atoms with Gasteiger partial charge in [0.25, 0.3) is 0 Å². The predicted molar refractivity (Wildman–Crippen MR) is 79.4 cm³/mol. The molecule has 1 aliphatic heterocycles. The molecule has 0 aromatic heterocycles. The lowest BCUT2D eigenvalue weighted by Crippen LogP contribution is -2.20. The number of carbonyl (C=O) groups excluding carboxylic acids is 1. The molecule has 3 heteroatoms. The van der Waals surface area contributed by atoms with E-state index in [1.807, 2.05) is 38.1 Å². The molecule has 0 spiro atoms. The van der Waals surface area contributed by atoms with E-state index in [-0.39, 0.29) is 18.0 Å². The van der Waals surface area contributed by atoms with Crippen molar-refractivity contribution in [2.75, 3.05) is 6.61 Å². The lowest BCUT2D eigenvalue weighted by Gasteiger charge is -2.22. The molecule has 2 rings (SSSR count). The number of hydrogen-bond acceptors (Lipinski definition) is 3. The van der Waals surface area contributed by atoms with Gasteiger partial charge >= 0.3 is 0 Å². The average molecular weight is 276 g/mol. The van der Waals surface area contributed by atoms with Crippen LogP contribution in [0.2, 0.25) is 0 Å². The second kappa shape index (κ2) is 7.44. The third-order valence-electron chi connectivity index (χ3n) is 3.52. The van der Waals surface area contributed by atoms with Gasteiger partial charge in [-0.15, -0.1) is 0 Å². The van der Waals surface area contributed by atoms with Gasteiger partial charge in [-0.05, 0) is 51.7 Å². The molecule has 1 unspecified atom stereocenters. The average Bonchev–Trinajstić information content (AvgIpc) is 2.46. The van der Waals surface area contributed by atoms with Crippen molar-refractivity contribution in [1.82, 2.24) is 0 Å². The summed E-state index contributed by atoms with van der Waals surface area (Å²) < 4.78 is 11.4. The van der Waals surface area contributed by atoms with Crippen molar-refractivity contribution in [2.45, 2.75) is 58.2 Å². The lowest BCUT2D eigenvalue weighted by molar-refractivity contribution is 0.0104. The topological polar surface area (TPSA) is 35.5 Å². The minimum Gasteiger partial charge on any atom is -0.490 e. The molecular weight excluding hydrogens is 252 g/mol. The first-order valence-corrected chi connectivity index (χ1v) is 7.57. The summed E-state index contributed by atoms with van der Waals surface area (Å²) in [5.74, 6) is 0.840. The van der Waals surface area contributed by atoms with E-state index in [0.29, 0.717) is 17.7 Å². The third kappa shape index (κ3) is 4.34. The van der Waals surface area contributed by atoms with E-state index >= 15 is 0 Å². The van der Waals surface area contributed by atoms with Crippen LogP contribution < -0.4 is 4.74 Å². The van der Waals surface area contributed by atoms with E-state index in [1.54, 1.807) is 0 Å². The highest BCUT2D eigenvalue weighted by Crippen LogP contribution is 2.23. The summed E-state index contributed by atoms with van der Waals surface area (Å²) in [5.41, 5.74) is 0.692. The van der Waals surface area contributed by atoms with Crippen molar-refractivity contribution in [3.05, 3.63) is 29.8 Å². The second-order valence-corrected chi connectivity index (χ2v) is 5.61. The van der Waals surface area contributed by atoms with Crippen molar-refractivity contribution in [2.24, 2.45) is 0 Å². The number of rotatable bonds is 6. The number of ketones is 1. The fraction of sp³-hybridized carbons (Fsp3) is 0.588. The van der Waals surface area contributed by atoms with Crippen LogP contribution in [0.1, 0.15) is 56.3 Å². The first-order valence-electron chi connectivity index (χ1n) is 7.57. The molecule has 0 bridgehead atoms. The zero-order valence-corrected chi connectivity index (χ0v) is 12.4. The van der Waals surface area contributed by atoms with Gasteiger partial charge < -0.3 is 9.47 Å². The van der Waals surface area contributed by atoms with Crippen LogP contribution in [0.25, 0.3) is 0 Å². The van der Waals surface area contributed by atoms with E-state index < -0.39 is 0 Å². The summed E-state index contributed by atoms with van der Waals surface area (Å²) in [6.45, 7) is 4.78. The standard InChI is InChI=1S/C17H24O3/c1-13(2)20-17-9-4-3-8-15(17)16(18)11-10-14-7-5-6-12-19-14/h3-4,8-9,13-14H,5-7,10-12H2,1-2H3. The van der Waals surface area contributed by atoms with Crippen molar-refractivity contribution in [1.29, 1.82) is 0 Å². The zero-order chi connectivity index (χ0) is 14.4. The number of hydrogen-bond donors (Lipinski definition) is 0. The Kier molecular flexibility index (Phi) is 5.60. The van der Waals surface area contributed by atoms with E-state index in [9.17, 15) is 4.79 Å². The van der Waals surface area contributed by atoms with Crippen LogP contribution in [-0.2, 0) is 4.74 Å². The molecule has 3 nitrogen and oxygen atoms in total. The molecule has 1 aliphatic rings. The second-order valence-electron chi connectivity index (χ2n) is 5.61. The summed E-state index contributed by atoms with van der Waals surface area (Å²) in [7, 11) is 0. The zero-order valence-electron chi connectivity index (χ0n) is 12.4. The van der Waals surface area contributed by atoms with E-state index in [4.69, 9.17) is 9.47 Å². The Bertz CT molecular complexity index is 434. The highest BCUT2D eigenvalue weighted by molar-refractivity contribution is 5.98. The molecule has 0 saturated carbocycles. The summed E-state index contributed by atoms with van der Waals surface area (Å²) in [4.78, 5) is 12.4. The molecule has 1 fully saturated rings. The van der Waals surface area contributed by atoms with E-state index in [1.165, 1.54) is 6.42 Å². The van der Waals surface area contributed by atoms with Crippen molar-refractivity contribution >= 4 is 5.78 Å². The molecule has 1 heterocycles. The number of carbonyl (C=O) groups is 1. The number of Topliss-reactive ketones (excluding diaryl/α,β-unsaturated/α-hetero) is 1. The Morgan fingerprint density at radius 2 is 2.15 bits per heavy atom. The SMILES string of the molecule is CC(C)Oc1ccccc1C(=O)CCC1CCCCO1. The van der Waals surface area contributed by atoms with Gasteiger partial charge in [0.2, 0.25) is 0 Å². The fourth-order valence-corrected chi connectivity index (χ4v) is 2.52. The van der Waals surface area contributed by atoms with Crippen LogP contribution in [-0.4, -0.2) is 24.6 Å². The minimum atomic E-state index is 0.0747. The summed E-state index contributed by atoms with van der Waals surface area (Å²) in [6.07, 6.45) is 5.12. The highest BCUT2D eigenvalue weighted by atomic mass is 16.5. The van der Waals surface area contributed by atoms with Gasteiger partial charge in [0.1, 0.15) is 5.75 Å². The first kappa shape index (κ1) is 15.0. The number of benzene rings is 1. The Morgan fingerprint density at radius 3 is 2.85 bits per heavy atom. The van der Waals surface area contributed by atoms with Crippen LogP contribution in [0.4, 0.5) is 0 Å². The van der Waals surface area contributed by atoms with Gasteiger partial charge in [0.05, 0.1) is 17.8 Å². The van der Waals surface area contributed by atoms with Crippen molar-refractivity contribution in [3.8, 4) is 5.75 Å². The molecule has 0 N–H and O–H groups in total. The maximum Gasteiger partial charge on any atom is 0.166 e. The van der Waals surface area contributed by atoms with E-state index in [0.717, 1.165) is 25.9 Å². The molecule has 1 saturated heterocycles. The Balaban J connectivity index is 1.94. The molecular formula is C17H24O3. The fourth-order valence-electron chi connectivity index (χ4n) is 2.52. The molecule has 0 amide bonds. The lowest BCUT2D eigenvalue weighted by atomic mass is 10.00. The maximum atomic E-state index is 12.4. The molecule has 1 aromatic carbocycles. The number of para-hydroxylation sites is 1. The summed E-state index contributed by atoms with van der Waals surface area (Å²) in [6, 6.07) is 7.50. The Morgan fingerprint density at radius 1 is 1.35 bits per heavy atom. The van der Waals surface area contributed by atoms with Gasteiger partial charge in [-0.1, -0.05) is 12.1 Å². The molecule has 1 aromatic rings. The Hall–Kier alpha value is -1.35. The molecule has 20 heavy (non-hydrogen) atoms. The third-order valence-corrected chi connectivity index (χ3v) is 3.52. The molecule has 0 aliphatic carbocycles. The largest absolute Gasteiger partial charge is 0.490 e. The van der Waals surface area contributed by atoms with Crippen LogP contribution in [0, 0.1) is 0 Å². The minimum absolute atomic E-state index is 0.0747. The van der Waals surface area contributed by atoms with Crippen molar-refractivity contribution < 1.29 is 14.3 Å². The molecule has 1 atom stereocenters. The van der Waals surface area contributed by atoms with Crippen molar-refractivity contribution in [3.63, 3.8) is 0 Å². The van der Waals surface area contributed by atoms with Crippen LogP contribution in [0.15, 0.2) is 24.3 Å². The molecule has 110 valence electrons. The molecule has 0 radical (unpaired) electrons. The summed E-state index contributed by atoms with van der Waals surface area (Å²) in [5, 5.41) is 0. The van der Waals surface area contributed by atoms with Crippen LogP contribution >= 0.6 is 0 Å². The Labute approximate surface area is 121 Å². The monoisotopic (exact) mass is 276 g/mol. The van der Waals surface area contributed by atoms with E-state index in [2.05, 4.69) is 0 Å². The highest BCUT2D eigenvalue weighted by Gasteiger charge is 2.18. The number of ether oxygens (including phenoxy) is 2. The predicted octanol–water partition coefficient (Wildman–Crippen LogP) is 4.01. The smallest absolute Gasteiger partial charge is 0.166 e.